The predicted molar refractivity (Wildman–Crippen MR) is 69.4 cm³/mol. The number of carboxylic acid groups (broad SMARTS) is 1. The van der Waals surface area contributed by atoms with Crippen molar-refractivity contribution in [3.8, 4) is 0 Å². The summed E-state index contributed by atoms with van der Waals surface area (Å²) in [7, 11) is 0. The fourth-order valence-corrected chi connectivity index (χ4v) is 1.87. The van der Waals surface area contributed by atoms with E-state index in [1.807, 2.05) is 6.92 Å². The first kappa shape index (κ1) is 15.8. The third-order valence-corrected chi connectivity index (χ3v) is 2.92. The predicted octanol–water partition coefficient (Wildman–Crippen LogP) is 4.20. The van der Waals surface area contributed by atoms with E-state index in [1.54, 1.807) is 6.08 Å². The van der Waals surface area contributed by atoms with E-state index in [4.69, 9.17) is 28.3 Å². The van der Waals surface area contributed by atoms with Crippen molar-refractivity contribution in [3.63, 3.8) is 0 Å². The summed E-state index contributed by atoms with van der Waals surface area (Å²) in [5.74, 6) is -0.890. The molecule has 0 saturated carbocycles. The number of carbonyl (C=O) groups is 1. The molecule has 0 aromatic carbocycles. The van der Waals surface area contributed by atoms with Gasteiger partial charge < -0.3 is 5.11 Å². The zero-order valence-corrected chi connectivity index (χ0v) is 11.2. The lowest BCUT2D eigenvalue weighted by Gasteiger charge is -2.08. The monoisotopic (exact) mass is 266 g/mol. The zero-order valence-electron chi connectivity index (χ0n) is 9.66. The lowest BCUT2D eigenvalue weighted by atomic mass is 10.1. The molecule has 0 saturated heterocycles. The SMILES string of the molecule is CC(Cl)CCCC(Cl)CCCC=CC(=O)O. The molecular weight excluding hydrogens is 247 g/mol. The number of unbranched alkanes of at least 4 members (excludes halogenated alkanes) is 1. The lowest BCUT2D eigenvalue weighted by Crippen LogP contribution is -2.00. The number of aliphatic carboxylic acids is 1. The van der Waals surface area contributed by atoms with Gasteiger partial charge in [-0.15, -0.1) is 23.2 Å². The number of hydrogen-bond donors (Lipinski definition) is 1. The van der Waals surface area contributed by atoms with Crippen LogP contribution in [0.5, 0.6) is 0 Å². The molecule has 0 fully saturated rings. The van der Waals surface area contributed by atoms with Crippen molar-refractivity contribution < 1.29 is 9.90 Å². The van der Waals surface area contributed by atoms with E-state index < -0.39 is 5.97 Å². The van der Waals surface area contributed by atoms with E-state index in [1.165, 1.54) is 6.08 Å². The molecule has 2 unspecified atom stereocenters. The maximum Gasteiger partial charge on any atom is 0.327 e. The molecule has 16 heavy (non-hydrogen) atoms. The van der Waals surface area contributed by atoms with Gasteiger partial charge in [-0.2, -0.15) is 0 Å². The number of carboxylic acids is 1. The van der Waals surface area contributed by atoms with Gasteiger partial charge in [0.25, 0.3) is 0 Å². The Hall–Kier alpha value is -0.210. The Labute approximate surface area is 108 Å². The average Bonchev–Trinajstić information content (AvgIpc) is 2.16. The van der Waals surface area contributed by atoms with Crippen LogP contribution < -0.4 is 0 Å². The Morgan fingerprint density at radius 2 is 1.88 bits per heavy atom. The summed E-state index contributed by atoms with van der Waals surface area (Å²) < 4.78 is 0. The van der Waals surface area contributed by atoms with Gasteiger partial charge in [-0.05, 0) is 39.0 Å². The van der Waals surface area contributed by atoms with Crippen LogP contribution >= 0.6 is 23.2 Å². The Bertz CT molecular complexity index is 215. The molecule has 4 heteroatoms. The van der Waals surface area contributed by atoms with E-state index >= 15 is 0 Å². The van der Waals surface area contributed by atoms with Crippen LogP contribution in [0.3, 0.4) is 0 Å². The number of halogens is 2. The summed E-state index contributed by atoms with van der Waals surface area (Å²) in [4.78, 5) is 10.2. The summed E-state index contributed by atoms with van der Waals surface area (Å²) in [5.41, 5.74) is 0. The van der Waals surface area contributed by atoms with Gasteiger partial charge in [-0.25, -0.2) is 4.79 Å². The second kappa shape index (κ2) is 9.98. The van der Waals surface area contributed by atoms with Gasteiger partial charge in [-0.1, -0.05) is 12.5 Å². The van der Waals surface area contributed by atoms with Crippen molar-refractivity contribution in [2.75, 3.05) is 0 Å². The molecule has 0 aromatic rings. The molecule has 0 spiro atoms. The molecule has 0 aliphatic heterocycles. The molecular formula is C12H20Cl2O2. The Balaban J connectivity index is 3.36. The molecule has 94 valence electrons. The first-order chi connectivity index (χ1) is 7.52. The van der Waals surface area contributed by atoms with Crippen molar-refractivity contribution in [1.82, 2.24) is 0 Å². The molecule has 0 amide bonds. The molecule has 0 heterocycles. The summed E-state index contributed by atoms with van der Waals surface area (Å²) in [6, 6.07) is 0. The van der Waals surface area contributed by atoms with Crippen LogP contribution in [-0.4, -0.2) is 21.8 Å². The minimum atomic E-state index is -0.890. The molecule has 2 nitrogen and oxygen atoms in total. The van der Waals surface area contributed by atoms with Crippen LogP contribution in [0, 0.1) is 0 Å². The maximum atomic E-state index is 10.2. The highest BCUT2D eigenvalue weighted by Gasteiger charge is 2.04. The smallest absolute Gasteiger partial charge is 0.327 e. The molecule has 2 atom stereocenters. The van der Waals surface area contributed by atoms with Gasteiger partial charge in [0, 0.05) is 16.8 Å². The van der Waals surface area contributed by atoms with Gasteiger partial charge in [0.05, 0.1) is 0 Å². The Morgan fingerprint density at radius 3 is 2.44 bits per heavy atom. The first-order valence-corrected chi connectivity index (χ1v) is 6.57. The molecule has 0 aliphatic rings. The van der Waals surface area contributed by atoms with E-state index in [0.717, 1.165) is 38.5 Å². The van der Waals surface area contributed by atoms with E-state index in [9.17, 15) is 4.79 Å². The second-order valence-electron chi connectivity index (χ2n) is 3.98. The third-order valence-electron chi connectivity index (χ3n) is 2.27. The third kappa shape index (κ3) is 11.9. The molecule has 0 radical (unpaired) electrons. The van der Waals surface area contributed by atoms with Crippen LogP contribution in [0.4, 0.5) is 0 Å². The summed E-state index contributed by atoms with van der Waals surface area (Å²) in [6.45, 7) is 1.99. The summed E-state index contributed by atoms with van der Waals surface area (Å²) in [5, 5.41) is 8.78. The molecule has 0 aromatic heterocycles. The van der Waals surface area contributed by atoms with Gasteiger partial charge in [-0.3, -0.25) is 0 Å². The first-order valence-electron chi connectivity index (χ1n) is 5.70. The summed E-state index contributed by atoms with van der Waals surface area (Å²) in [6.07, 6.45) is 8.55. The van der Waals surface area contributed by atoms with Gasteiger partial charge in [0.15, 0.2) is 0 Å². The van der Waals surface area contributed by atoms with Gasteiger partial charge >= 0.3 is 5.97 Å². The minimum Gasteiger partial charge on any atom is -0.478 e. The fourth-order valence-electron chi connectivity index (χ4n) is 1.41. The Morgan fingerprint density at radius 1 is 1.25 bits per heavy atom. The average molecular weight is 267 g/mol. The normalized spacial score (nSPS) is 15.2. The van der Waals surface area contributed by atoms with E-state index in [0.29, 0.717) is 0 Å². The highest BCUT2D eigenvalue weighted by atomic mass is 35.5. The quantitative estimate of drug-likeness (QED) is 0.386. The number of rotatable bonds is 9. The van der Waals surface area contributed by atoms with E-state index in [2.05, 4.69) is 0 Å². The van der Waals surface area contributed by atoms with Crippen LogP contribution in [0.25, 0.3) is 0 Å². The van der Waals surface area contributed by atoms with Crippen LogP contribution in [0.1, 0.15) is 45.4 Å². The fraction of sp³-hybridized carbons (Fsp3) is 0.750. The highest BCUT2D eigenvalue weighted by molar-refractivity contribution is 6.20. The van der Waals surface area contributed by atoms with Crippen molar-refractivity contribution in [3.05, 3.63) is 12.2 Å². The second-order valence-corrected chi connectivity index (χ2v) is 5.34. The topological polar surface area (TPSA) is 37.3 Å². The molecule has 0 aliphatic carbocycles. The van der Waals surface area contributed by atoms with Crippen LogP contribution in [0.15, 0.2) is 12.2 Å². The number of alkyl halides is 2. The van der Waals surface area contributed by atoms with Crippen molar-refractivity contribution in [2.24, 2.45) is 0 Å². The standard InChI is InChI=1S/C12H20Cl2O2/c1-10(13)6-5-8-11(14)7-3-2-4-9-12(15)16/h4,9-11H,2-3,5-8H2,1H3,(H,15,16). The largest absolute Gasteiger partial charge is 0.478 e. The van der Waals surface area contributed by atoms with Crippen molar-refractivity contribution in [1.29, 1.82) is 0 Å². The van der Waals surface area contributed by atoms with Gasteiger partial charge in [0.2, 0.25) is 0 Å². The Kier molecular flexibility index (Phi) is 9.85. The molecule has 0 rings (SSSR count). The van der Waals surface area contributed by atoms with Crippen molar-refractivity contribution in [2.45, 2.75) is 56.2 Å². The van der Waals surface area contributed by atoms with Crippen LogP contribution in [0.2, 0.25) is 0 Å². The lowest BCUT2D eigenvalue weighted by molar-refractivity contribution is -0.131. The van der Waals surface area contributed by atoms with Gasteiger partial charge in [0.1, 0.15) is 0 Å². The van der Waals surface area contributed by atoms with E-state index in [-0.39, 0.29) is 10.8 Å². The van der Waals surface area contributed by atoms with Crippen LogP contribution in [-0.2, 0) is 4.79 Å². The highest BCUT2D eigenvalue weighted by Crippen LogP contribution is 2.16. The minimum absolute atomic E-state index is 0.189. The summed E-state index contributed by atoms with van der Waals surface area (Å²) >= 11 is 12.0. The molecule has 0 bridgehead atoms. The van der Waals surface area contributed by atoms with Crippen molar-refractivity contribution >= 4 is 29.2 Å². The number of hydrogen-bond acceptors (Lipinski definition) is 1. The molecule has 1 N–H and O–H groups in total. The maximum absolute atomic E-state index is 10.2. The zero-order chi connectivity index (χ0) is 12.4. The number of allylic oxidation sites excluding steroid dienone is 1.